The number of carbonyl (C=O) groups excluding carboxylic acids is 1. The van der Waals surface area contributed by atoms with E-state index in [9.17, 15) is 4.79 Å². The molecule has 0 aromatic carbocycles. The molecule has 0 spiro atoms. The van der Waals surface area contributed by atoms with Crippen molar-refractivity contribution in [3.8, 4) is 0 Å². The summed E-state index contributed by atoms with van der Waals surface area (Å²) >= 11 is 0. The van der Waals surface area contributed by atoms with E-state index in [1.807, 2.05) is 6.92 Å². The topological polar surface area (TPSA) is 79.5 Å². The molecule has 0 unspecified atom stereocenters. The second kappa shape index (κ2) is 6.42. The third-order valence-corrected chi connectivity index (χ3v) is 2.99. The molecule has 1 rings (SSSR count). The monoisotopic (exact) mass is 252 g/mol. The fraction of sp³-hybridized carbons (Fsp3) is 0.692. The van der Waals surface area contributed by atoms with Gasteiger partial charge in [0.05, 0.1) is 12.0 Å². The van der Waals surface area contributed by atoms with Crippen LogP contribution in [-0.2, 0) is 4.79 Å². The smallest absolute Gasteiger partial charge is 0.224 e. The first-order chi connectivity index (χ1) is 8.45. The van der Waals surface area contributed by atoms with Gasteiger partial charge >= 0.3 is 0 Å². The highest BCUT2D eigenvalue weighted by molar-refractivity contribution is 5.82. The Hall–Kier alpha value is -1.52. The van der Waals surface area contributed by atoms with Crippen LogP contribution in [-0.4, -0.2) is 31.0 Å². The van der Waals surface area contributed by atoms with Crippen molar-refractivity contribution in [1.82, 2.24) is 10.6 Å². The van der Waals surface area contributed by atoms with Crippen LogP contribution in [0.15, 0.2) is 17.1 Å². The fourth-order valence-electron chi connectivity index (χ4n) is 1.60. The van der Waals surface area contributed by atoms with Gasteiger partial charge in [0.2, 0.25) is 5.91 Å². The number of nitrogens with two attached hydrogens (primary N) is 1. The second-order valence-electron chi connectivity index (χ2n) is 5.23. The molecule has 102 valence electrons. The third-order valence-electron chi connectivity index (χ3n) is 2.99. The van der Waals surface area contributed by atoms with Crippen molar-refractivity contribution in [2.24, 2.45) is 16.1 Å². The van der Waals surface area contributed by atoms with E-state index in [1.54, 1.807) is 13.8 Å². The molecule has 1 aliphatic carbocycles. The number of guanidine groups is 1. The molecule has 0 bridgehead atoms. The minimum Gasteiger partial charge on any atom is -0.369 e. The van der Waals surface area contributed by atoms with Crippen molar-refractivity contribution in [2.75, 3.05) is 13.1 Å². The van der Waals surface area contributed by atoms with Crippen LogP contribution in [0.2, 0.25) is 0 Å². The number of rotatable bonds is 5. The Labute approximate surface area is 109 Å². The van der Waals surface area contributed by atoms with E-state index < -0.39 is 5.41 Å². The van der Waals surface area contributed by atoms with Crippen molar-refractivity contribution >= 4 is 11.9 Å². The van der Waals surface area contributed by atoms with Gasteiger partial charge in [-0.15, -0.1) is 0 Å². The molecular formula is C13H24N4O. The largest absolute Gasteiger partial charge is 0.369 e. The molecule has 0 radical (unpaired) electrons. The van der Waals surface area contributed by atoms with E-state index in [2.05, 4.69) is 27.8 Å². The zero-order valence-electron chi connectivity index (χ0n) is 11.5. The van der Waals surface area contributed by atoms with Crippen molar-refractivity contribution in [3.05, 3.63) is 12.2 Å². The Morgan fingerprint density at radius 3 is 2.56 bits per heavy atom. The summed E-state index contributed by atoms with van der Waals surface area (Å²) in [6.45, 7) is 6.81. The summed E-state index contributed by atoms with van der Waals surface area (Å²) in [6.07, 6.45) is 6.36. The number of carbonyl (C=O) groups is 1. The van der Waals surface area contributed by atoms with Crippen molar-refractivity contribution in [2.45, 2.75) is 39.7 Å². The zero-order chi connectivity index (χ0) is 13.6. The molecule has 18 heavy (non-hydrogen) atoms. The van der Waals surface area contributed by atoms with Gasteiger partial charge < -0.3 is 16.4 Å². The first-order valence-corrected chi connectivity index (χ1v) is 6.45. The number of amides is 1. The van der Waals surface area contributed by atoms with Gasteiger partial charge in [0.25, 0.3) is 0 Å². The molecule has 0 aliphatic heterocycles. The zero-order valence-corrected chi connectivity index (χ0v) is 11.5. The van der Waals surface area contributed by atoms with E-state index in [-0.39, 0.29) is 5.91 Å². The van der Waals surface area contributed by atoms with Crippen molar-refractivity contribution in [1.29, 1.82) is 0 Å². The third kappa shape index (κ3) is 4.39. The van der Waals surface area contributed by atoms with E-state index >= 15 is 0 Å². The number of nitrogens with one attached hydrogen (secondary N) is 2. The summed E-state index contributed by atoms with van der Waals surface area (Å²) in [5, 5.41) is 6.53. The number of aliphatic imine (C=N–C) groups is 1. The van der Waals surface area contributed by atoms with E-state index in [0.29, 0.717) is 12.6 Å². The first kappa shape index (κ1) is 14.5. The predicted octanol–water partition coefficient (Wildman–Crippen LogP) is 0.772. The molecule has 4 N–H and O–H groups in total. The highest BCUT2D eigenvalue weighted by atomic mass is 16.1. The Kier molecular flexibility index (Phi) is 5.19. The standard InChI is InChI=1S/C13H24N4O/c1-4-15-12(17-10-7-5-6-8-10)16-9-13(2,3)11(14)18/h5-6,10H,4,7-9H2,1-3H3,(H2,14,18)(H2,15,16,17). The molecule has 0 aromatic heterocycles. The summed E-state index contributed by atoms with van der Waals surface area (Å²) in [4.78, 5) is 15.7. The SMILES string of the molecule is CCNC(=NCC(C)(C)C(N)=O)NC1CC=CC1. The van der Waals surface area contributed by atoms with E-state index in [1.165, 1.54) is 0 Å². The molecular weight excluding hydrogens is 228 g/mol. The first-order valence-electron chi connectivity index (χ1n) is 6.45. The maximum atomic E-state index is 11.2. The molecule has 0 saturated carbocycles. The summed E-state index contributed by atoms with van der Waals surface area (Å²) in [5.74, 6) is 0.421. The lowest BCUT2D eigenvalue weighted by Gasteiger charge is -2.21. The molecule has 0 heterocycles. The van der Waals surface area contributed by atoms with Crippen LogP contribution in [0.1, 0.15) is 33.6 Å². The minimum atomic E-state index is -0.615. The van der Waals surface area contributed by atoms with Crippen LogP contribution in [0.4, 0.5) is 0 Å². The average Bonchev–Trinajstić information content (AvgIpc) is 2.79. The maximum Gasteiger partial charge on any atom is 0.224 e. The normalized spacial score (nSPS) is 16.9. The summed E-state index contributed by atoms with van der Waals surface area (Å²) in [7, 11) is 0. The van der Waals surface area contributed by atoms with Gasteiger partial charge in [-0.2, -0.15) is 0 Å². The second-order valence-corrected chi connectivity index (χ2v) is 5.23. The number of hydrogen-bond acceptors (Lipinski definition) is 2. The summed E-state index contributed by atoms with van der Waals surface area (Å²) < 4.78 is 0. The summed E-state index contributed by atoms with van der Waals surface area (Å²) in [5.41, 5.74) is 4.72. The minimum absolute atomic E-state index is 0.329. The molecule has 5 nitrogen and oxygen atoms in total. The highest BCUT2D eigenvalue weighted by Gasteiger charge is 2.24. The van der Waals surface area contributed by atoms with Gasteiger partial charge in [-0.05, 0) is 33.6 Å². The highest BCUT2D eigenvalue weighted by Crippen LogP contribution is 2.14. The van der Waals surface area contributed by atoms with Crippen LogP contribution in [0.25, 0.3) is 0 Å². The van der Waals surface area contributed by atoms with Crippen LogP contribution < -0.4 is 16.4 Å². The number of hydrogen-bond donors (Lipinski definition) is 3. The van der Waals surface area contributed by atoms with Gasteiger partial charge in [0.15, 0.2) is 5.96 Å². The Morgan fingerprint density at radius 1 is 1.44 bits per heavy atom. The lowest BCUT2D eigenvalue weighted by molar-refractivity contribution is -0.125. The molecule has 1 aliphatic rings. The Morgan fingerprint density at radius 2 is 2.06 bits per heavy atom. The van der Waals surface area contributed by atoms with E-state index in [4.69, 9.17) is 5.73 Å². The fourth-order valence-corrected chi connectivity index (χ4v) is 1.60. The maximum absolute atomic E-state index is 11.2. The predicted molar refractivity (Wildman–Crippen MR) is 74.3 cm³/mol. The molecule has 5 heteroatoms. The average molecular weight is 252 g/mol. The lowest BCUT2D eigenvalue weighted by Crippen LogP contribution is -2.43. The van der Waals surface area contributed by atoms with Crippen molar-refractivity contribution in [3.63, 3.8) is 0 Å². The van der Waals surface area contributed by atoms with Gasteiger partial charge in [-0.1, -0.05) is 12.2 Å². The molecule has 0 atom stereocenters. The van der Waals surface area contributed by atoms with Crippen LogP contribution in [0.5, 0.6) is 0 Å². The quantitative estimate of drug-likeness (QED) is 0.384. The molecule has 0 fully saturated rings. The Balaban J connectivity index is 2.57. The van der Waals surface area contributed by atoms with Gasteiger partial charge in [-0.3, -0.25) is 9.79 Å². The van der Waals surface area contributed by atoms with E-state index in [0.717, 1.165) is 25.3 Å². The lowest BCUT2D eigenvalue weighted by atomic mass is 9.93. The number of nitrogens with zero attached hydrogens (tertiary/aromatic N) is 1. The molecule has 0 aromatic rings. The van der Waals surface area contributed by atoms with Crippen LogP contribution >= 0.6 is 0 Å². The van der Waals surface area contributed by atoms with Gasteiger partial charge in [0, 0.05) is 12.6 Å². The molecule has 0 saturated heterocycles. The summed E-state index contributed by atoms with van der Waals surface area (Å²) in [6, 6.07) is 0.402. The molecule has 1 amide bonds. The number of primary amides is 1. The van der Waals surface area contributed by atoms with Crippen molar-refractivity contribution < 1.29 is 4.79 Å². The van der Waals surface area contributed by atoms with Crippen LogP contribution in [0, 0.1) is 5.41 Å². The van der Waals surface area contributed by atoms with Gasteiger partial charge in [0.1, 0.15) is 0 Å². The Bertz CT molecular complexity index is 339. The van der Waals surface area contributed by atoms with Gasteiger partial charge in [-0.25, -0.2) is 0 Å². The van der Waals surface area contributed by atoms with Crippen LogP contribution in [0.3, 0.4) is 0 Å².